The largest absolute Gasteiger partial charge is 0.494 e. The maximum Gasteiger partial charge on any atom is 0.119 e. The minimum atomic E-state index is -0.143. The van der Waals surface area contributed by atoms with Crippen LogP contribution >= 0.6 is 0 Å². The first-order chi connectivity index (χ1) is 7.78. The van der Waals surface area contributed by atoms with Gasteiger partial charge >= 0.3 is 0 Å². The van der Waals surface area contributed by atoms with Crippen LogP contribution in [0.5, 0.6) is 5.75 Å². The zero-order chi connectivity index (χ0) is 11.4. The first-order valence-electron chi connectivity index (χ1n) is 5.90. The van der Waals surface area contributed by atoms with Gasteiger partial charge in [-0.15, -0.1) is 0 Å². The fraction of sp³-hybridized carbons (Fsp3) is 0.538. The standard InChI is InChI=1S/C13H19NO2/c1-2-16-13-5-3-4-11(8-13)9-14-7-6-12(15)10-14/h3-5,8,12,15H,2,6-7,9-10H2,1H3/t12-/m1/s1. The topological polar surface area (TPSA) is 32.7 Å². The van der Waals surface area contributed by atoms with Crippen molar-refractivity contribution in [3.05, 3.63) is 29.8 Å². The van der Waals surface area contributed by atoms with E-state index in [2.05, 4.69) is 17.0 Å². The van der Waals surface area contributed by atoms with E-state index in [1.807, 2.05) is 19.1 Å². The van der Waals surface area contributed by atoms with E-state index in [0.717, 1.165) is 31.8 Å². The first-order valence-corrected chi connectivity index (χ1v) is 5.90. The molecule has 0 amide bonds. The highest BCUT2D eigenvalue weighted by Crippen LogP contribution is 2.17. The van der Waals surface area contributed by atoms with Crippen LogP contribution in [-0.2, 0) is 6.54 Å². The summed E-state index contributed by atoms with van der Waals surface area (Å²) in [5.74, 6) is 0.930. The second kappa shape index (κ2) is 5.32. The van der Waals surface area contributed by atoms with Crippen LogP contribution in [0.4, 0.5) is 0 Å². The number of aliphatic hydroxyl groups is 1. The Morgan fingerprint density at radius 3 is 3.06 bits per heavy atom. The van der Waals surface area contributed by atoms with Crippen LogP contribution in [0.2, 0.25) is 0 Å². The lowest BCUT2D eigenvalue weighted by Gasteiger charge is -2.15. The summed E-state index contributed by atoms with van der Waals surface area (Å²) in [4.78, 5) is 2.27. The summed E-state index contributed by atoms with van der Waals surface area (Å²) in [5.41, 5.74) is 1.25. The quantitative estimate of drug-likeness (QED) is 0.839. The number of rotatable bonds is 4. The maximum atomic E-state index is 9.45. The minimum Gasteiger partial charge on any atom is -0.494 e. The van der Waals surface area contributed by atoms with Gasteiger partial charge in [0.1, 0.15) is 5.75 Å². The Bertz CT molecular complexity index is 340. The second-order valence-electron chi connectivity index (χ2n) is 4.26. The van der Waals surface area contributed by atoms with E-state index in [1.165, 1.54) is 5.56 Å². The number of nitrogens with zero attached hydrogens (tertiary/aromatic N) is 1. The molecule has 16 heavy (non-hydrogen) atoms. The summed E-state index contributed by atoms with van der Waals surface area (Å²) >= 11 is 0. The van der Waals surface area contributed by atoms with Gasteiger partial charge in [0.05, 0.1) is 12.7 Å². The van der Waals surface area contributed by atoms with Crippen molar-refractivity contribution >= 4 is 0 Å². The molecule has 2 rings (SSSR count). The average molecular weight is 221 g/mol. The molecule has 3 heteroatoms. The second-order valence-corrected chi connectivity index (χ2v) is 4.26. The number of hydrogen-bond donors (Lipinski definition) is 1. The van der Waals surface area contributed by atoms with Gasteiger partial charge in [0, 0.05) is 19.6 Å². The first kappa shape index (κ1) is 11.4. The van der Waals surface area contributed by atoms with Gasteiger partial charge in [0.2, 0.25) is 0 Å². The Morgan fingerprint density at radius 2 is 2.38 bits per heavy atom. The number of ether oxygens (including phenoxy) is 1. The lowest BCUT2D eigenvalue weighted by atomic mass is 10.2. The van der Waals surface area contributed by atoms with Crippen LogP contribution in [0, 0.1) is 0 Å². The summed E-state index contributed by atoms with van der Waals surface area (Å²) in [5, 5.41) is 9.45. The van der Waals surface area contributed by atoms with Crippen LogP contribution < -0.4 is 4.74 Å². The highest BCUT2D eigenvalue weighted by molar-refractivity contribution is 5.28. The van der Waals surface area contributed by atoms with E-state index >= 15 is 0 Å². The Kier molecular flexibility index (Phi) is 3.80. The smallest absolute Gasteiger partial charge is 0.119 e. The van der Waals surface area contributed by atoms with E-state index in [9.17, 15) is 5.11 Å². The molecular weight excluding hydrogens is 202 g/mol. The molecule has 3 nitrogen and oxygen atoms in total. The van der Waals surface area contributed by atoms with Gasteiger partial charge in [0.15, 0.2) is 0 Å². The van der Waals surface area contributed by atoms with Gasteiger partial charge in [-0.05, 0) is 31.0 Å². The molecule has 1 aromatic rings. The highest BCUT2D eigenvalue weighted by Gasteiger charge is 2.19. The molecule has 88 valence electrons. The van der Waals surface area contributed by atoms with Gasteiger partial charge in [-0.1, -0.05) is 12.1 Å². The molecule has 1 saturated heterocycles. The monoisotopic (exact) mass is 221 g/mol. The summed E-state index contributed by atoms with van der Waals surface area (Å²) in [6.07, 6.45) is 0.751. The lowest BCUT2D eigenvalue weighted by molar-refractivity contribution is 0.175. The molecule has 1 aliphatic rings. The Labute approximate surface area is 96.6 Å². The Morgan fingerprint density at radius 1 is 1.50 bits per heavy atom. The van der Waals surface area contributed by atoms with E-state index in [4.69, 9.17) is 4.74 Å². The predicted octanol–water partition coefficient (Wildman–Crippen LogP) is 1.65. The van der Waals surface area contributed by atoms with E-state index in [-0.39, 0.29) is 6.10 Å². The molecule has 0 unspecified atom stereocenters. The number of aliphatic hydroxyl groups excluding tert-OH is 1. The van der Waals surface area contributed by atoms with E-state index in [1.54, 1.807) is 0 Å². The lowest BCUT2D eigenvalue weighted by Crippen LogP contribution is -2.21. The molecule has 0 aromatic heterocycles. The Balaban J connectivity index is 1.95. The normalized spacial score (nSPS) is 21.2. The van der Waals surface area contributed by atoms with Crippen molar-refractivity contribution in [2.24, 2.45) is 0 Å². The highest BCUT2D eigenvalue weighted by atomic mass is 16.5. The fourth-order valence-electron chi connectivity index (χ4n) is 2.11. The molecule has 0 saturated carbocycles. The van der Waals surface area contributed by atoms with Gasteiger partial charge in [-0.3, -0.25) is 4.90 Å². The maximum absolute atomic E-state index is 9.45. The van der Waals surface area contributed by atoms with Crippen molar-refractivity contribution in [2.45, 2.75) is 26.0 Å². The number of hydrogen-bond acceptors (Lipinski definition) is 3. The van der Waals surface area contributed by atoms with Gasteiger partial charge in [-0.25, -0.2) is 0 Å². The van der Waals surface area contributed by atoms with Crippen molar-refractivity contribution in [2.75, 3.05) is 19.7 Å². The number of benzene rings is 1. The van der Waals surface area contributed by atoms with Gasteiger partial charge < -0.3 is 9.84 Å². The molecule has 0 radical (unpaired) electrons. The summed E-state index contributed by atoms with van der Waals surface area (Å²) in [6.45, 7) is 5.37. The molecule has 0 spiro atoms. The summed E-state index contributed by atoms with van der Waals surface area (Å²) in [6, 6.07) is 8.18. The third-order valence-electron chi connectivity index (χ3n) is 2.86. The summed E-state index contributed by atoms with van der Waals surface area (Å²) in [7, 11) is 0. The third-order valence-corrected chi connectivity index (χ3v) is 2.86. The zero-order valence-corrected chi connectivity index (χ0v) is 9.72. The van der Waals surface area contributed by atoms with Crippen molar-refractivity contribution in [3.63, 3.8) is 0 Å². The average Bonchev–Trinajstić information content (AvgIpc) is 2.65. The zero-order valence-electron chi connectivity index (χ0n) is 9.72. The van der Waals surface area contributed by atoms with Crippen LogP contribution in [-0.4, -0.2) is 35.8 Å². The molecular formula is C13H19NO2. The molecule has 1 N–H and O–H groups in total. The van der Waals surface area contributed by atoms with E-state index < -0.39 is 0 Å². The molecule has 1 fully saturated rings. The van der Waals surface area contributed by atoms with Crippen molar-refractivity contribution in [1.29, 1.82) is 0 Å². The molecule has 1 heterocycles. The SMILES string of the molecule is CCOc1cccc(CN2CC[C@@H](O)C2)c1. The molecule has 1 aliphatic heterocycles. The molecule has 1 atom stereocenters. The van der Waals surface area contributed by atoms with Crippen molar-refractivity contribution in [1.82, 2.24) is 4.90 Å². The van der Waals surface area contributed by atoms with Gasteiger partial charge in [-0.2, -0.15) is 0 Å². The number of β-amino-alcohol motifs (C(OH)–C–C–N with tert-alkyl or cyclic N) is 1. The minimum absolute atomic E-state index is 0.143. The van der Waals surface area contributed by atoms with Crippen LogP contribution in [0.1, 0.15) is 18.9 Å². The Hall–Kier alpha value is -1.06. The predicted molar refractivity (Wildman–Crippen MR) is 63.5 cm³/mol. The van der Waals surface area contributed by atoms with Gasteiger partial charge in [0.25, 0.3) is 0 Å². The van der Waals surface area contributed by atoms with Crippen molar-refractivity contribution < 1.29 is 9.84 Å². The number of likely N-dealkylation sites (tertiary alicyclic amines) is 1. The van der Waals surface area contributed by atoms with Crippen LogP contribution in [0.3, 0.4) is 0 Å². The molecule has 1 aromatic carbocycles. The molecule has 0 aliphatic carbocycles. The van der Waals surface area contributed by atoms with Crippen molar-refractivity contribution in [3.8, 4) is 5.75 Å². The third kappa shape index (κ3) is 2.97. The van der Waals surface area contributed by atoms with Crippen LogP contribution in [0.25, 0.3) is 0 Å². The summed E-state index contributed by atoms with van der Waals surface area (Å²) < 4.78 is 5.46. The molecule has 0 bridgehead atoms. The van der Waals surface area contributed by atoms with Crippen LogP contribution in [0.15, 0.2) is 24.3 Å². The fourth-order valence-corrected chi connectivity index (χ4v) is 2.11. The van der Waals surface area contributed by atoms with E-state index in [0.29, 0.717) is 6.61 Å².